The van der Waals surface area contributed by atoms with Crippen LogP contribution in [0.4, 0.5) is 5.69 Å². The molecule has 0 radical (unpaired) electrons. The monoisotopic (exact) mass is 475 g/mol. The van der Waals surface area contributed by atoms with Gasteiger partial charge in [-0.15, -0.1) is 0 Å². The molecule has 1 atom stereocenters. The number of nitrogens with zero attached hydrogens (tertiary/aromatic N) is 2. The second-order valence-corrected chi connectivity index (χ2v) is 9.06. The molecule has 0 fully saturated rings. The van der Waals surface area contributed by atoms with Gasteiger partial charge in [0, 0.05) is 22.9 Å². The number of anilines is 1. The Bertz CT molecular complexity index is 1310. The van der Waals surface area contributed by atoms with Gasteiger partial charge in [0.1, 0.15) is 6.04 Å². The Morgan fingerprint density at radius 2 is 1.74 bits per heavy atom. The molecule has 1 amide bonds. The Morgan fingerprint density at radius 3 is 2.43 bits per heavy atom. The van der Waals surface area contributed by atoms with E-state index in [1.54, 1.807) is 32.4 Å². The van der Waals surface area contributed by atoms with Crippen molar-refractivity contribution in [3.05, 3.63) is 69.0 Å². The Kier molecular flexibility index (Phi) is 7.24. The van der Waals surface area contributed by atoms with E-state index in [-0.39, 0.29) is 11.5 Å². The lowest BCUT2D eigenvalue weighted by atomic mass is 9.88. The van der Waals surface area contributed by atoms with Gasteiger partial charge in [0.15, 0.2) is 11.5 Å². The molecule has 0 bridgehead atoms. The fourth-order valence-corrected chi connectivity index (χ4v) is 4.78. The Morgan fingerprint density at radius 1 is 1.03 bits per heavy atom. The van der Waals surface area contributed by atoms with Gasteiger partial charge in [-0.1, -0.05) is 24.6 Å². The number of hydrogen-bond donors (Lipinski definition) is 1. The van der Waals surface area contributed by atoms with E-state index in [0.29, 0.717) is 30.0 Å². The molecule has 1 aromatic heterocycles. The maximum Gasteiger partial charge on any atom is 0.271 e. The molecule has 1 heterocycles. The zero-order valence-corrected chi connectivity index (χ0v) is 21.1. The summed E-state index contributed by atoms with van der Waals surface area (Å²) in [7, 11) is 3.11. The number of rotatable bonds is 7. The van der Waals surface area contributed by atoms with Gasteiger partial charge in [-0.3, -0.25) is 9.59 Å². The lowest BCUT2D eigenvalue weighted by molar-refractivity contribution is -0.119. The highest BCUT2D eigenvalue weighted by Gasteiger charge is 2.28. The number of aromatic nitrogens is 2. The van der Waals surface area contributed by atoms with Crippen LogP contribution in [0.25, 0.3) is 11.3 Å². The average molecular weight is 476 g/mol. The Hall–Kier alpha value is -3.61. The number of aryl methyl sites for hydroxylation is 2. The van der Waals surface area contributed by atoms with Gasteiger partial charge in [-0.2, -0.15) is 5.10 Å². The molecule has 0 unspecified atom stereocenters. The van der Waals surface area contributed by atoms with Crippen LogP contribution in [0.2, 0.25) is 0 Å². The van der Waals surface area contributed by atoms with Crippen LogP contribution in [0.3, 0.4) is 0 Å². The van der Waals surface area contributed by atoms with Crippen LogP contribution in [0.15, 0.2) is 41.2 Å². The highest BCUT2D eigenvalue weighted by atomic mass is 16.5. The van der Waals surface area contributed by atoms with Crippen LogP contribution >= 0.6 is 0 Å². The van der Waals surface area contributed by atoms with Gasteiger partial charge < -0.3 is 14.8 Å². The van der Waals surface area contributed by atoms with Gasteiger partial charge in [-0.25, -0.2) is 4.68 Å². The van der Waals surface area contributed by atoms with E-state index >= 15 is 0 Å². The number of hydrogen-bond acceptors (Lipinski definition) is 5. The molecule has 4 rings (SSSR count). The first-order valence-electron chi connectivity index (χ1n) is 12.1. The van der Waals surface area contributed by atoms with Crippen LogP contribution in [0.5, 0.6) is 11.5 Å². The quantitative estimate of drug-likeness (QED) is 0.519. The summed E-state index contributed by atoms with van der Waals surface area (Å²) in [4.78, 5) is 27.0. The zero-order chi connectivity index (χ0) is 25.1. The third-order valence-corrected chi connectivity index (χ3v) is 6.71. The Labute approximate surface area is 206 Å². The molecule has 0 saturated heterocycles. The maximum absolute atomic E-state index is 13.6. The van der Waals surface area contributed by atoms with Crippen molar-refractivity contribution in [3.8, 4) is 22.8 Å². The van der Waals surface area contributed by atoms with Crippen LogP contribution in [0.1, 0.15) is 54.5 Å². The molecular formula is C28H33N3O4. The zero-order valence-electron chi connectivity index (χ0n) is 21.1. The fraction of sp³-hybridized carbons (Fsp3) is 0.393. The smallest absolute Gasteiger partial charge is 0.271 e. The topological polar surface area (TPSA) is 82.4 Å². The van der Waals surface area contributed by atoms with Gasteiger partial charge in [0.05, 0.1) is 19.9 Å². The van der Waals surface area contributed by atoms with E-state index in [1.165, 1.54) is 4.68 Å². The van der Waals surface area contributed by atoms with Crippen LogP contribution in [-0.2, 0) is 17.6 Å². The standard InChI is InChI=1S/C28H33N3O4/c1-6-23(27(32)29-19-13-14-24(34-4)25(16-19)35-5)31-28(33)21-10-8-7-9-20(21)26(30-31)22-15-17(2)11-12-18(22)3/h11-16,23H,6-10H2,1-5H3,(H,29,32)/t23-/m0/s1. The fourth-order valence-electron chi connectivity index (χ4n) is 4.78. The van der Waals surface area contributed by atoms with E-state index < -0.39 is 6.04 Å². The van der Waals surface area contributed by atoms with E-state index in [4.69, 9.17) is 14.6 Å². The van der Waals surface area contributed by atoms with Crippen LogP contribution in [-0.4, -0.2) is 29.9 Å². The van der Waals surface area contributed by atoms with Crippen molar-refractivity contribution in [2.45, 2.75) is 58.9 Å². The van der Waals surface area contributed by atoms with Crippen molar-refractivity contribution < 1.29 is 14.3 Å². The molecule has 1 aliphatic rings. The molecule has 35 heavy (non-hydrogen) atoms. The van der Waals surface area contributed by atoms with Crippen molar-refractivity contribution in [3.63, 3.8) is 0 Å². The highest BCUT2D eigenvalue weighted by Crippen LogP contribution is 2.32. The van der Waals surface area contributed by atoms with Gasteiger partial charge in [-0.05, 0) is 75.3 Å². The molecule has 0 spiro atoms. The number of benzene rings is 2. The Balaban J connectivity index is 1.78. The van der Waals surface area contributed by atoms with Crippen molar-refractivity contribution >= 4 is 11.6 Å². The molecule has 2 aromatic carbocycles. The van der Waals surface area contributed by atoms with E-state index in [2.05, 4.69) is 37.4 Å². The minimum absolute atomic E-state index is 0.164. The molecular weight excluding hydrogens is 442 g/mol. The number of ether oxygens (including phenoxy) is 2. The van der Waals surface area contributed by atoms with Crippen molar-refractivity contribution in [1.82, 2.24) is 9.78 Å². The summed E-state index contributed by atoms with van der Waals surface area (Å²) in [6, 6.07) is 10.7. The number of carbonyl (C=O) groups excluding carboxylic acids is 1. The number of nitrogens with one attached hydrogen (secondary N) is 1. The third kappa shape index (κ3) is 4.81. The summed E-state index contributed by atoms with van der Waals surface area (Å²) in [5, 5.41) is 7.78. The van der Waals surface area contributed by atoms with E-state index in [9.17, 15) is 9.59 Å². The molecule has 0 saturated carbocycles. The lowest BCUT2D eigenvalue weighted by Crippen LogP contribution is -2.38. The van der Waals surface area contributed by atoms with Crippen molar-refractivity contribution in [2.75, 3.05) is 19.5 Å². The molecule has 7 heteroatoms. The van der Waals surface area contributed by atoms with Crippen LogP contribution in [0, 0.1) is 13.8 Å². The predicted octanol–water partition coefficient (Wildman–Crippen LogP) is 5.01. The average Bonchev–Trinajstić information content (AvgIpc) is 2.87. The summed E-state index contributed by atoms with van der Waals surface area (Å²) >= 11 is 0. The number of fused-ring (bicyclic) bond motifs is 1. The summed E-state index contributed by atoms with van der Waals surface area (Å²) in [5.41, 5.74) is 6.29. The first-order chi connectivity index (χ1) is 16.9. The number of methoxy groups -OCH3 is 2. The highest BCUT2D eigenvalue weighted by molar-refractivity contribution is 5.94. The molecule has 0 aliphatic heterocycles. The predicted molar refractivity (Wildman–Crippen MR) is 138 cm³/mol. The van der Waals surface area contributed by atoms with Gasteiger partial charge in [0.2, 0.25) is 5.91 Å². The molecule has 1 aliphatic carbocycles. The first kappa shape index (κ1) is 24.5. The number of carbonyl (C=O) groups is 1. The summed E-state index contributed by atoms with van der Waals surface area (Å²) in [5.74, 6) is 0.792. The summed E-state index contributed by atoms with van der Waals surface area (Å²) in [6.07, 6.45) is 3.97. The van der Waals surface area contributed by atoms with E-state index in [1.807, 2.05) is 6.92 Å². The largest absolute Gasteiger partial charge is 0.493 e. The molecule has 7 nitrogen and oxygen atoms in total. The third-order valence-electron chi connectivity index (χ3n) is 6.71. The molecule has 3 aromatic rings. The molecule has 1 N–H and O–H groups in total. The second kappa shape index (κ2) is 10.3. The van der Waals surface area contributed by atoms with E-state index in [0.717, 1.165) is 52.8 Å². The van der Waals surface area contributed by atoms with Gasteiger partial charge in [0.25, 0.3) is 5.56 Å². The van der Waals surface area contributed by atoms with Crippen LogP contribution < -0.4 is 20.3 Å². The van der Waals surface area contributed by atoms with Gasteiger partial charge >= 0.3 is 0 Å². The normalized spacial score (nSPS) is 13.6. The SMILES string of the molecule is CC[C@@H](C(=O)Nc1ccc(OC)c(OC)c1)n1nc(-c2cc(C)ccc2C)c2c(c1=O)CCCC2. The summed E-state index contributed by atoms with van der Waals surface area (Å²) in [6.45, 7) is 6.00. The lowest BCUT2D eigenvalue weighted by Gasteiger charge is -2.24. The second-order valence-electron chi connectivity index (χ2n) is 9.06. The first-order valence-corrected chi connectivity index (χ1v) is 12.1. The van der Waals surface area contributed by atoms with Crippen molar-refractivity contribution in [2.24, 2.45) is 0 Å². The maximum atomic E-state index is 13.6. The minimum Gasteiger partial charge on any atom is -0.493 e. The summed E-state index contributed by atoms with van der Waals surface area (Å²) < 4.78 is 12.0. The number of amides is 1. The minimum atomic E-state index is -0.744. The van der Waals surface area contributed by atoms with Crippen molar-refractivity contribution in [1.29, 1.82) is 0 Å². The molecule has 184 valence electrons.